The van der Waals surface area contributed by atoms with Gasteiger partial charge in [0.25, 0.3) is 5.56 Å². The Morgan fingerprint density at radius 3 is 2.75 bits per heavy atom. The number of nitrogens with one attached hydrogen (secondary N) is 1. The van der Waals surface area contributed by atoms with E-state index in [9.17, 15) is 4.79 Å². The molecule has 0 aliphatic carbocycles. The molecule has 4 heteroatoms. The van der Waals surface area contributed by atoms with Crippen LogP contribution in [-0.2, 0) is 12.8 Å². The monoisotopic (exact) mass is 221 g/mol. The van der Waals surface area contributed by atoms with Gasteiger partial charge in [-0.1, -0.05) is 0 Å². The van der Waals surface area contributed by atoms with Gasteiger partial charge in [-0.05, 0) is 31.9 Å². The van der Waals surface area contributed by atoms with E-state index in [4.69, 9.17) is 5.73 Å². The van der Waals surface area contributed by atoms with Crippen LogP contribution in [-0.4, -0.2) is 29.0 Å². The zero-order valence-corrected chi connectivity index (χ0v) is 9.92. The molecule has 0 saturated carbocycles. The number of pyridine rings is 1. The van der Waals surface area contributed by atoms with Crippen LogP contribution in [0.25, 0.3) is 0 Å². The van der Waals surface area contributed by atoms with Crippen molar-refractivity contribution in [2.45, 2.75) is 32.7 Å². The molecule has 2 rings (SSSR count). The first-order valence-corrected chi connectivity index (χ1v) is 5.82. The molecule has 0 saturated heterocycles. The number of aromatic amines is 1. The van der Waals surface area contributed by atoms with Crippen molar-refractivity contribution >= 4 is 5.69 Å². The number of fused-ring (bicyclic) bond motifs is 1. The summed E-state index contributed by atoms with van der Waals surface area (Å²) < 4.78 is 0. The Balaban J connectivity index is 2.27. The van der Waals surface area contributed by atoms with Gasteiger partial charge in [0.15, 0.2) is 0 Å². The highest BCUT2D eigenvalue weighted by atomic mass is 16.1. The summed E-state index contributed by atoms with van der Waals surface area (Å²) in [7, 11) is 0. The second-order valence-corrected chi connectivity index (χ2v) is 4.69. The largest absolute Gasteiger partial charge is 0.394 e. The first kappa shape index (κ1) is 11.2. The summed E-state index contributed by atoms with van der Waals surface area (Å²) in [5.74, 6) is 0. The zero-order chi connectivity index (χ0) is 11.7. The average Bonchev–Trinajstić information content (AvgIpc) is 2.41. The minimum atomic E-state index is -0.156. The molecule has 0 atom stereocenters. The normalized spacial score (nSPS) is 17.2. The van der Waals surface area contributed by atoms with E-state index in [0.717, 1.165) is 31.6 Å². The van der Waals surface area contributed by atoms with Gasteiger partial charge >= 0.3 is 0 Å². The number of hydrogen-bond donors (Lipinski definition) is 2. The van der Waals surface area contributed by atoms with Crippen LogP contribution in [0.3, 0.4) is 0 Å². The highest BCUT2D eigenvalue weighted by Gasteiger charge is 2.17. The van der Waals surface area contributed by atoms with Gasteiger partial charge in [-0.2, -0.15) is 0 Å². The van der Waals surface area contributed by atoms with Crippen LogP contribution in [0.1, 0.15) is 25.1 Å². The summed E-state index contributed by atoms with van der Waals surface area (Å²) in [5.41, 5.74) is 8.06. The number of nitrogen functional groups attached to an aromatic ring is 1. The van der Waals surface area contributed by atoms with Crippen LogP contribution < -0.4 is 11.3 Å². The SMILES string of the molecule is CC(C)N1CCc2cc(N)c(=O)[nH]c2CC1. The van der Waals surface area contributed by atoms with Crippen LogP contribution >= 0.6 is 0 Å². The van der Waals surface area contributed by atoms with Crippen molar-refractivity contribution in [1.29, 1.82) is 0 Å². The number of H-pyrrole nitrogens is 1. The minimum Gasteiger partial charge on any atom is -0.394 e. The number of nitrogens with zero attached hydrogens (tertiary/aromatic N) is 1. The first-order chi connectivity index (χ1) is 7.58. The number of anilines is 1. The maximum atomic E-state index is 11.4. The minimum absolute atomic E-state index is 0.156. The van der Waals surface area contributed by atoms with Crippen LogP contribution in [0.4, 0.5) is 5.69 Å². The van der Waals surface area contributed by atoms with E-state index >= 15 is 0 Å². The van der Waals surface area contributed by atoms with Crippen LogP contribution in [0.15, 0.2) is 10.9 Å². The van der Waals surface area contributed by atoms with E-state index in [0.29, 0.717) is 11.7 Å². The van der Waals surface area contributed by atoms with Crippen molar-refractivity contribution in [2.75, 3.05) is 18.8 Å². The van der Waals surface area contributed by atoms with Crippen LogP contribution in [0.5, 0.6) is 0 Å². The summed E-state index contributed by atoms with van der Waals surface area (Å²) in [6, 6.07) is 2.39. The van der Waals surface area contributed by atoms with E-state index in [1.165, 1.54) is 5.56 Å². The van der Waals surface area contributed by atoms with Crippen molar-refractivity contribution in [3.63, 3.8) is 0 Å². The predicted octanol–water partition coefficient (Wildman–Crippen LogP) is 0.766. The summed E-state index contributed by atoms with van der Waals surface area (Å²) in [6.07, 6.45) is 1.87. The van der Waals surface area contributed by atoms with Gasteiger partial charge in [-0.15, -0.1) is 0 Å². The third-order valence-corrected chi connectivity index (χ3v) is 3.29. The molecule has 0 amide bonds. The van der Waals surface area contributed by atoms with E-state index in [2.05, 4.69) is 23.7 Å². The Morgan fingerprint density at radius 1 is 1.38 bits per heavy atom. The highest BCUT2D eigenvalue weighted by Crippen LogP contribution is 2.15. The molecule has 88 valence electrons. The molecule has 0 fully saturated rings. The fraction of sp³-hybridized carbons (Fsp3) is 0.583. The van der Waals surface area contributed by atoms with Gasteiger partial charge in [-0.3, -0.25) is 4.79 Å². The van der Waals surface area contributed by atoms with E-state index in [1.54, 1.807) is 0 Å². The second-order valence-electron chi connectivity index (χ2n) is 4.69. The predicted molar refractivity (Wildman–Crippen MR) is 65.6 cm³/mol. The maximum Gasteiger partial charge on any atom is 0.271 e. The molecule has 0 radical (unpaired) electrons. The lowest BCUT2D eigenvalue weighted by Gasteiger charge is -2.23. The Kier molecular flexibility index (Phi) is 3.01. The highest BCUT2D eigenvalue weighted by molar-refractivity contribution is 5.40. The standard InChI is InChI=1S/C12H19N3O/c1-8(2)15-5-3-9-7-10(13)12(16)14-11(9)4-6-15/h7-8H,3-6,13H2,1-2H3,(H,14,16). The molecule has 0 aromatic carbocycles. The third kappa shape index (κ3) is 2.11. The molecular formula is C12H19N3O. The van der Waals surface area contributed by atoms with Crippen molar-refractivity contribution in [2.24, 2.45) is 0 Å². The van der Waals surface area contributed by atoms with E-state index in [-0.39, 0.29) is 5.56 Å². The molecule has 3 N–H and O–H groups in total. The molecule has 1 aromatic heterocycles. The smallest absolute Gasteiger partial charge is 0.271 e. The van der Waals surface area contributed by atoms with Gasteiger partial charge in [0, 0.05) is 31.2 Å². The number of nitrogens with two attached hydrogens (primary N) is 1. The second kappa shape index (κ2) is 4.29. The summed E-state index contributed by atoms with van der Waals surface area (Å²) >= 11 is 0. The van der Waals surface area contributed by atoms with Crippen molar-refractivity contribution in [3.05, 3.63) is 27.7 Å². The quantitative estimate of drug-likeness (QED) is 0.736. The fourth-order valence-electron chi connectivity index (χ4n) is 2.22. The van der Waals surface area contributed by atoms with E-state index < -0.39 is 0 Å². The lowest BCUT2D eigenvalue weighted by Crippen LogP contribution is -2.33. The first-order valence-electron chi connectivity index (χ1n) is 5.82. The molecule has 1 aliphatic rings. The molecule has 0 spiro atoms. The van der Waals surface area contributed by atoms with Gasteiger partial charge < -0.3 is 15.6 Å². The van der Waals surface area contributed by atoms with E-state index in [1.807, 2.05) is 6.07 Å². The van der Waals surface area contributed by atoms with Gasteiger partial charge in [0.2, 0.25) is 0 Å². The third-order valence-electron chi connectivity index (χ3n) is 3.29. The topological polar surface area (TPSA) is 62.1 Å². The Labute approximate surface area is 95.5 Å². The summed E-state index contributed by atoms with van der Waals surface area (Å²) in [5, 5.41) is 0. The molecule has 1 aliphatic heterocycles. The van der Waals surface area contributed by atoms with Crippen molar-refractivity contribution < 1.29 is 0 Å². The van der Waals surface area contributed by atoms with Crippen LogP contribution in [0.2, 0.25) is 0 Å². The Hall–Kier alpha value is -1.29. The van der Waals surface area contributed by atoms with Gasteiger partial charge in [0.05, 0.1) is 5.69 Å². The maximum absolute atomic E-state index is 11.4. The lowest BCUT2D eigenvalue weighted by atomic mass is 10.1. The number of aromatic nitrogens is 1. The molecule has 0 bridgehead atoms. The number of hydrogen-bond acceptors (Lipinski definition) is 3. The Bertz CT molecular complexity index is 436. The van der Waals surface area contributed by atoms with Crippen molar-refractivity contribution in [1.82, 2.24) is 9.88 Å². The van der Waals surface area contributed by atoms with Gasteiger partial charge in [-0.25, -0.2) is 0 Å². The van der Waals surface area contributed by atoms with Crippen molar-refractivity contribution in [3.8, 4) is 0 Å². The van der Waals surface area contributed by atoms with Crippen LogP contribution in [0, 0.1) is 0 Å². The van der Waals surface area contributed by atoms with Gasteiger partial charge in [0.1, 0.15) is 0 Å². The molecule has 0 unspecified atom stereocenters. The fourth-order valence-corrected chi connectivity index (χ4v) is 2.22. The zero-order valence-electron chi connectivity index (χ0n) is 9.92. The molecular weight excluding hydrogens is 202 g/mol. The Morgan fingerprint density at radius 2 is 2.06 bits per heavy atom. The molecule has 16 heavy (non-hydrogen) atoms. The molecule has 2 heterocycles. The summed E-state index contributed by atoms with van der Waals surface area (Å²) in [4.78, 5) is 16.7. The summed E-state index contributed by atoms with van der Waals surface area (Å²) in [6.45, 7) is 6.45. The average molecular weight is 221 g/mol. The molecule has 1 aromatic rings. The lowest BCUT2D eigenvalue weighted by molar-refractivity contribution is 0.232. The number of rotatable bonds is 1. The molecule has 4 nitrogen and oxygen atoms in total.